The first-order valence-electron chi connectivity index (χ1n) is 33.0. The molecule has 0 radical (unpaired) electrons. The van der Waals surface area contributed by atoms with E-state index in [-0.39, 0.29) is 38.6 Å². The second-order valence-electron chi connectivity index (χ2n) is 22.7. The molecule has 0 aliphatic carbocycles. The number of nitrogens with zero attached hydrogens (tertiary/aromatic N) is 1. The third-order valence-corrected chi connectivity index (χ3v) is 13.6. The van der Waals surface area contributed by atoms with Gasteiger partial charge >= 0.3 is 11.9 Å². The average Bonchev–Trinajstić information content (AvgIpc) is 3.46. The summed E-state index contributed by atoms with van der Waals surface area (Å²) >= 11 is 0. The van der Waals surface area contributed by atoms with Crippen molar-refractivity contribution in [2.75, 3.05) is 47.5 Å². The number of carboxylic acid groups (broad SMARTS) is 1. The highest BCUT2D eigenvalue weighted by Gasteiger charge is 2.22. The van der Waals surface area contributed by atoms with E-state index in [2.05, 4.69) is 160 Å². The van der Waals surface area contributed by atoms with Gasteiger partial charge in [-0.15, -0.1) is 0 Å². The standard InChI is InChI=1S/C74H121NO8/c1-6-8-10-12-14-16-18-20-22-24-26-28-30-32-34-36-38-40-42-44-46-48-50-52-54-56-58-60-62-64-71(76)81-68-70(69-82-74(73(78)79)80-67-66-75(3,4)5)83-72(77)65-63-61-59-57-55-53-51-49-47-45-43-41-39-37-35-33-31-29-27-25-23-21-19-17-15-13-11-9-7-2/h9,11,15,17-18,20-21,23-24,26-27,29-30,32-33,35,39,41,45,47,51,53,57,59,70,74H,6-8,10,12-14,16,19,22,25,28,31,34,36-38,40,42-44,46,48-50,52,54-56,58,60-69H2,1-5H3/b11-9-,17-15-,20-18-,23-21-,26-24-,29-27-,32-30-,35-33-,41-39-,47-45-,53-51-,59-57-. The number of likely N-dealkylation sites (N-methyl/N-ethyl adjacent to an activating group) is 1. The molecule has 0 N–H and O–H groups in total. The van der Waals surface area contributed by atoms with E-state index < -0.39 is 24.3 Å². The van der Waals surface area contributed by atoms with Crippen LogP contribution in [0, 0.1) is 0 Å². The average molecular weight is 1150 g/mol. The van der Waals surface area contributed by atoms with Gasteiger partial charge in [0, 0.05) is 12.8 Å². The summed E-state index contributed by atoms with van der Waals surface area (Å²) in [5, 5.41) is 11.8. The van der Waals surface area contributed by atoms with Crippen LogP contribution in [-0.4, -0.2) is 82.3 Å². The van der Waals surface area contributed by atoms with Gasteiger partial charge in [-0.3, -0.25) is 9.59 Å². The molecular weight excluding hydrogens is 1030 g/mol. The first-order chi connectivity index (χ1) is 40.6. The number of allylic oxidation sites excluding steroid dienone is 24. The molecule has 9 heteroatoms. The molecule has 0 aliphatic heterocycles. The number of ether oxygens (including phenoxy) is 4. The summed E-state index contributed by atoms with van der Waals surface area (Å²) in [6.07, 6.45) is 89.2. The summed E-state index contributed by atoms with van der Waals surface area (Å²) in [5.41, 5.74) is 0. The Balaban J connectivity index is 4.30. The minimum Gasteiger partial charge on any atom is -0.545 e. The van der Waals surface area contributed by atoms with Gasteiger partial charge in [0.05, 0.1) is 40.3 Å². The van der Waals surface area contributed by atoms with Crippen LogP contribution >= 0.6 is 0 Å². The van der Waals surface area contributed by atoms with E-state index in [1.165, 1.54) is 116 Å². The summed E-state index contributed by atoms with van der Waals surface area (Å²) in [6.45, 7) is 4.55. The van der Waals surface area contributed by atoms with Crippen LogP contribution in [0.1, 0.15) is 245 Å². The largest absolute Gasteiger partial charge is 0.545 e. The Bertz CT molecular complexity index is 1870. The summed E-state index contributed by atoms with van der Waals surface area (Å²) in [7, 11) is 5.90. The maximum atomic E-state index is 12.9. The molecule has 83 heavy (non-hydrogen) atoms. The second-order valence-corrected chi connectivity index (χ2v) is 22.7. The van der Waals surface area contributed by atoms with Gasteiger partial charge in [-0.05, 0) is 116 Å². The van der Waals surface area contributed by atoms with E-state index in [4.69, 9.17) is 18.9 Å². The minimum atomic E-state index is -1.65. The van der Waals surface area contributed by atoms with Crippen molar-refractivity contribution in [1.29, 1.82) is 0 Å². The van der Waals surface area contributed by atoms with Crippen molar-refractivity contribution in [1.82, 2.24) is 0 Å². The lowest BCUT2D eigenvalue weighted by Crippen LogP contribution is -2.44. The Morgan fingerprint density at radius 3 is 1.06 bits per heavy atom. The van der Waals surface area contributed by atoms with Gasteiger partial charge in [-0.25, -0.2) is 0 Å². The van der Waals surface area contributed by atoms with E-state index in [9.17, 15) is 19.5 Å². The molecule has 0 aromatic carbocycles. The summed E-state index contributed by atoms with van der Waals surface area (Å²) in [6, 6.07) is 0. The first-order valence-corrected chi connectivity index (χ1v) is 33.0. The Kier molecular flexibility index (Phi) is 59.5. The number of aliphatic carboxylic acids is 1. The Hall–Kier alpha value is -4.83. The van der Waals surface area contributed by atoms with Gasteiger partial charge < -0.3 is 33.3 Å². The second kappa shape index (κ2) is 63.2. The highest BCUT2D eigenvalue weighted by Crippen LogP contribution is 2.15. The maximum absolute atomic E-state index is 12.9. The number of esters is 2. The van der Waals surface area contributed by atoms with Crippen LogP contribution in [0.3, 0.4) is 0 Å². The monoisotopic (exact) mass is 1150 g/mol. The third kappa shape index (κ3) is 64.6. The van der Waals surface area contributed by atoms with Gasteiger partial charge in [0.2, 0.25) is 0 Å². The molecule has 0 aromatic rings. The lowest BCUT2D eigenvalue weighted by molar-refractivity contribution is -0.870. The molecule has 0 fully saturated rings. The molecule has 0 saturated carbocycles. The van der Waals surface area contributed by atoms with Gasteiger partial charge in [-0.2, -0.15) is 0 Å². The molecule has 0 spiro atoms. The number of unbranched alkanes of at least 4 members (excludes halogenated alkanes) is 20. The third-order valence-electron chi connectivity index (χ3n) is 13.6. The van der Waals surface area contributed by atoms with Gasteiger partial charge in [0.15, 0.2) is 12.4 Å². The van der Waals surface area contributed by atoms with Crippen LogP contribution in [-0.2, 0) is 33.3 Å². The number of rotatable bonds is 59. The minimum absolute atomic E-state index is 0.129. The van der Waals surface area contributed by atoms with E-state index in [1.807, 2.05) is 21.1 Å². The topological polar surface area (TPSA) is 111 Å². The number of quaternary nitrogens is 1. The lowest BCUT2D eigenvalue weighted by atomic mass is 10.0. The lowest BCUT2D eigenvalue weighted by Gasteiger charge is -2.26. The van der Waals surface area contributed by atoms with Crippen molar-refractivity contribution in [2.45, 2.75) is 257 Å². The Morgan fingerprint density at radius 1 is 0.373 bits per heavy atom. The Morgan fingerprint density at radius 2 is 0.699 bits per heavy atom. The molecule has 470 valence electrons. The van der Waals surface area contributed by atoms with Crippen molar-refractivity contribution < 1.29 is 42.9 Å². The van der Waals surface area contributed by atoms with Gasteiger partial charge in [0.1, 0.15) is 13.2 Å². The van der Waals surface area contributed by atoms with Crippen molar-refractivity contribution in [3.8, 4) is 0 Å². The fraction of sp³-hybridized carbons (Fsp3) is 0.635. The summed E-state index contributed by atoms with van der Waals surface area (Å²) in [4.78, 5) is 37.4. The summed E-state index contributed by atoms with van der Waals surface area (Å²) < 4.78 is 22.7. The number of carbonyl (C=O) groups excluding carboxylic acids is 3. The van der Waals surface area contributed by atoms with Crippen LogP contribution in [0.15, 0.2) is 146 Å². The highest BCUT2D eigenvalue weighted by atomic mass is 16.7. The van der Waals surface area contributed by atoms with Crippen molar-refractivity contribution in [2.24, 2.45) is 0 Å². The number of hydrogen-bond acceptors (Lipinski definition) is 8. The van der Waals surface area contributed by atoms with E-state index in [1.54, 1.807) is 0 Å². The van der Waals surface area contributed by atoms with Crippen LogP contribution in [0.2, 0.25) is 0 Å². The predicted molar refractivity (Wildman–Crippen MR) is 352 cm³/mol. The fourth-order valence-electron chi connectivity index (χ4n) is 8.54. The molecule has 0 bridgehead atoms. The zero-order chi connectivity index (χ0) is 60.5. The Labute approximate surface area is 509 Å². The molecule has 2 atom stereocenters. The zero-order valence-electron chi connectivity index (χ0n) is 53.5. The molecule has 9 nitrogen and oxygen atoms in total. The maximum Gasteiger partial charge on any atom is 0.306 e. The molecule has 0 amide bonds. The highest BCUT2D eigenvalue weighted by molar-refractivity contribution is 5.70. The number of carbonyl (C=O) groups is 3. The van der Waals surface area contributed by atoms with Crippen molar-refractivity contribution >= 4 is 17.9 Å². The normalized spacial score (nSPS) is 13.7. The molecule has 2 unspecified atom stereocenters. The zero-order valence-corrected chi connectivity index (χ0v) is 53.5. The van der Waals surface area contributed by atoms with E-state index >= 15 is 0 Å². The molecule has 0 aliphatic rings. The summed E-state index contributed by atoms with van der Waals surface area (Å²) in [5.74, 6) is -2.38. The number of carboxylic acids is 1. The van der Waals surface area contributed by atoms with Crippen molar-refractivity contribution in [3.05, 3.63) is 146 Å². The van der Waals surface area contributed by atoms with Crippen LogP contribution in [0.25, 0.3) is 0 Å². The molecule has 0 aromatic heterocycles. The van der Waals surface area contributed by atoms with E-state index in [0.717, 1.165) is 89.9 Å². The predicted octanol–water partition coefficient (Wildman–Crippen LogP) is 19.0. The van der Waals surface area contributed by atoms with Gasteiger partial charge in [-0.1, -0.05) is 262 Å². The SMILES string of the molecule is CC/C=C\C/C=C\C/C=C\C/C=C\C/C=C\C/C=C\C/C=C\C/C=C\C/C=C\CCCC(=O)OC(COC(=O)CCCCCCCCCCCCCCCC/C=C\C/C=C\C/C=C\CCCCCCC)COC(OCC[N+](C)(C)C)C(=O)[O-]. The molecular formula is C74H121NO8. The molecule has 0 heterocycles. The number of hydrogen-bond donors (Lipinski definition) is 0. The van der Waals surface area contributed by atoms with Crippen LogP contribution in [0.5, 0.6) is 0 Å². The smallest absolute Gasteiger partial charge is 0.306 e. The van der Waals surface area contributed by atoms with Crippen LogP contribution < -0.4 is 5.11 Å². The first kappa shape index (κ1) is 78.2. The quantitative estimate of drug-likeness (QED) is 0.0195. The molecule has 0 rings (SSSR count). The van der Waals surface area contributed by atoms with E-state index in [0.29, 0.717) is 23.9 Å². The van der Waals surface area contributed by atoms with Crippen LogP contribution in [0.4, 0.5) is 0 Å². The van der Waals surface area contributed by atoms with Gasteiger partial charge in [0.25, 0.3) is 0 Å². The fourth-order valence-corrected chi connectivity index (χ4v) is 8.54. The molecule has 0 saturated heterocycles. The van der Waals surface area contributed by atoms with Crippen molar-refractivity contribution in [3.63, 3.8) is 0 Å².